The second-order valence-corrected chi connectivity index (χ2v) is 4.74. The van der Waals surface area contributed by atoms with E-state index in [-0.39, 0.29) is 11.3 Å². The molecule has 0 fully saturated rings. The average Bonchev–Trinajstić information content (AvgIpc) is 2.61. The minimum Gasteiger partial charge on any atom is -0.493 e. The highest BCUT2D eigenvalue weighted by Crippen LogP contribution is 2.25. The van der Waals surface area contributed by atoms with Gasteiger partial charge in [-0.05, 0) is 12.1 Å². The van der Waals surface area contributed by atoms with Crippen molar-refractivity contribution >= 4 is 0 Å². The van der Waals surface area contributed by atoms with Crippen LogP contribution in [0.25, 0.3) is 5.82 Å². The number of hydrogen-bond donors (Lipinski definition) is 1. The molecule has 0 atom stereocenters. The van der Waals surface area contributed by atoms with E-state index in [1.807, 2.05) is 12.1 Å². The zero-order chi connectivity index (χ0) is 11.8. The molecule has 0 aromatic carbocycles. The Morgan fingerprint density at radius 1 is 1.25 bits per heavy atom. The van der Waals surface area contributed by atoms with Crippen LogP contribution >= 0.6 is 0 Å². The fraction of sp³-hybridized carbons (Fsp3) is 0.333. The molecular formula is C12H15N3O. The Morgan fingerprint density at radius 3 is 2.50 bits per heavy atom. The van der Waals surface area contributed by atoms with Gasteiger partial charge in [-0.25, -0.2) is 4.98 Å². The van der Waals surface area contributed by atoms with Gasteiger partial charge in [0.25, 0.3) is 0 Å². The summed E-state index contributed by atoms with van der Waals surface area (Å²) in [6, 6.07) is 7.17. The summed E-state index contributed by atoms with van der Waals surface area (Å²) in [5.74, 6) is 0.735. The van der Waals surface area contributed by atoms with Crippen molar-refractivity contribution in [3.8, 4) is 11.7 Å². The van der Waals surface area contributed by atoms with Crippen molar-refractivity contribution in [2.75, 3.05) is 0 Å². The highest BCUT2D eigenvalue weighted by atomic mass is 16.3. The molecule has 0 aliphatic carbocycles. The van der Waals surface area contributed by atoms with Crippen LogP contribution in [0.1, 0.15) is 26.5 Å². The van der Waals surface area contributed by atoms with E-state index in [2.05, 4.69) is 30.9 Å². The molecule has 2 heterocycles. The fourth-order valence-corrected chi connectivity index (χ4v) is 1.39. The summed E-state index contributed by atoms with van der Waals surface area (Å²) in [5, 5.41) is 14.2. The van der Waals surface area contributed by atoms with Crippen molar-refractivity contribution in [3.05, 3.63) is 36.2 Å². The van der Waals surface area contributed by atoms with Gasteiger partial charge in [0, 0.05) is 17.7 Å². The summed E-state index contributed by atoms with van der Waals surface area (Å²) in [7, 11) is 0. The number of hydrogen-bond acceptors (Lipinski definition) is 3. The van der Waals surface area contributed by atoms with Crippen molar-refractivity contribution in [1.82, 2.24) is 14.8 Å². The summed E-state index contributed by atoms with van der Waals surface area (Å²) in [5.41, 5.74) is 0.757. The van der Waals surface area contributed by atoms with Crippen LogP contribution in [0.2, 0.25) is 0 Å². The van der Waals surface area contributed by atoms with Gasteiger partial charge in [-0.1, -0.05) is 26.8 Å². The number of aromatic hydroxyl groups is 1. The number of nitrogens with zero attached hydrogens (tertiary/aromatic N) is 3. The first-order valence-corrected chi connectivity index (χ1v) is 5.19. The second-order valence-electron chi connectivity index (χ2n) is 4.74. The Hall–Kier alpha value is -1.84. The first-order valence-electron chi connectivity index (χ1n) is 5.19. The van der Waals surface area contributed by atoms with E-state index >= 15 is 0 Å². The predicted octanol–water partition coefficient (Wildman–Crippen LogP) is 2.27. The van der Waals surface area contributed by atoms with Crippen LogP contribution in [0.3, 0.4) is 0 Å². The summed E-state index contributed by atoms with van der Waals surface area (Å²) in [6.45, 7) is 6.16. The van der Waals surface area contributed by atoms with E-state index in [4.69, 9.17) is 0 Å². The van der Waals surface area contributed by atoms with E-state index in [1.165, 1.54) is 4.68 Å². The quantitative estimate of drug-likeness (QED) is 0.797. The molecule has 4 nitrogen and oxygen atoms in total. The normalized spacial score (nSPS) is 11.7. The molecule has 0 saturated carbocycles. The van der Waals surface area contributed by atoms with Gasteiger partial charge in [-0.3, -0.25) is 0 Å². The van der Waals surface area contributed by atoms with Crippen molar-refractivity contribution < 1.29 is 5.11 Å². The molecular weight excluding hydrogens is 202 g/mol. The smallest absolute Gasteiger partial charge is 0.215 e. The van der Waals surface area contributed by atoms with Gasteiger partial charge in [0.2, 0.25) is 5.88 Å². The molecule has 0 spiro atoms. The largest absolute Gasteiger partial charge is 0.493 e. The lowest BCUT2D eigenvalue weighted by Gasteiger charge is -2.13. The zero-order valence-corrected chi connectivity index (χ0v) is 9.68. The molecule has 2 aromatic heterocycles. The van der Waals surface area contributed by atoms with Crippen molar-refractivity contribution in [2.24, 2.45) is 0 Å². The molecule has 0 saturated heterocycles. The molecule has 0 amide bonds. The summed E-state index contributed by atoms with van der Waals surface area (Å²) in [4.78, 5) is 4.15. The molecule has 0 unspecified atom stereocenters. The Labute approximate surface area is 94.6 Å². The van der Waals surface area contributed by atoms with Gasteiger partial charge in [0.05, 0.1) is 5.69 Å². The molecule has 0 aliphatic heterocycles. The van der Waals surface area contributed by atoms with Gasteiger partial charge in [-0.15, -0.1) is 0 Å². The van der Waals surface area contributed by atoms with Gasteiger partial charge >= 0.3 is 0 Å². The van der Waals surface area contributed by atoms with E-state index in [0.29, 0.717) is 5.82 Å². The SMILES string of the molecule is CC(C)(C)c1cc(O)n(-c2ccccn2)n1. The zero-order valence-electron chi connectivity index (χ0n) is 9.68. The van der Waals surface area contributed by atoms with Gasteiger partial charge in [0.1, 0.15) is 0 Å². The maximum absolute atomic E-state index is 9.81. The third kappa shape index (κ3) is 1.91. The molecule has 16 heavy (non-hydrogen) atoms. The average molecular weight is 217 g/mol. The number of aromatic nitrogens is 3. The minimum atomic E-state index is -0.0858. The van der Waals surface area contributed by atoms with Crippen LogP contribution < -0.4 is 0 Å². The number of rotatable bonds is 1. The second kappa shape index (κ2) is 3.63. The van der Waals surface area contributed by atoms with Crippen molar-refractivity contribution in [2.45, 2.75) is 26.2 Å². The molecule has 2 aromatic rings. The van der Waals surface area contributed by atoms with Crippen LogP contribution in [-0.2, 0) is 5.41 Å². The maximum atomic E-state index is 9.81. The lowest BCUT2D eigenvalue weighted by Crippen LogP contribution is -2.12. The minimum absolute atomic E-state index is 0.0858. The van der Waals surface area contributed by atoms with E-state index in [0.717, 1.165) is 5.69 Å². The Kier molecular flexibility index (Phi) is 2.42. The van der Waals surface area contributed by atoms with Crippen LogP contribution in [0, 0.1) is 0 Å². The Bertz CT molecular complexity index is 483. The van der Waals surface area contributed by atoms with Crippen LogP contribution in [0.5, 0.6) is 5.88 Å². The van der Waals surface area contributed by atoms with E-state index < -0.39 is 0 Å². The lowest BCUT2D eigenvalue weighted by molar-refractivity contribution is 0.431. The highest BCUT2D eigenvalue weighted by molar-refractivity contribution is 5.30. The molecule has 2 rings (SSSR count). The van der Waals surface area contributed by atoms with E-state index in [9.17, 15) is 5.11 Å². The first kappa shape index (κ1) is 10.7. The van der Waals surface area contributed by atoms with Crippen LogP contribution in [0.4, 0.5) is 0 Å². The molecule has 84 valence electrons. The van der Waals surface area contributed by atoms with Crippen molar-refractivity contribution in [1.29, 1.82) is 0 Å². The lowest BCUT2D eigenvalue weighted by atomic mass is 9.93. The Balaban J connectivity index is 2.48. The fourth-order valence-electron chi connectivity index (χ4n) is 1.39. The Morgan fingerprint density at radius 2 is 2.00 bits per heavy atom. The standard InChI is InChI=1S/C12H15N3O/c1-12(2,3)9-8-11(16)15(14-9)10-6-4-5-7-13-10/h4-8,16H,1-3H3. The van der Waals surface area contributed by atoms with Gasteiger partial charge in [0.15, 0.2) is 5.82 Å². The molecule has 0 radical (unpaired) electrons. The van der Waals surface area contributed by atoms with Gasteiger partial charge in [-0.2, -0.15) is 9.78 Å². The molecule has 1 N–H and O–H groups in total. The molecule has 4 heteroatoms. The summed E-state index contributed by atoms with van der Waals surface area (Å²) in [6.07, 6.45) is 1.67. The third-order valence-electron chi connectivity index (χ3n) is 2.33. The van der Waals surface area contributed by atoms with Gasteiger partial charge < -0.3 is 5.11 Å². The molecule has 0 aliphatic rings. The summed E-state index contributed by atoms with van der Waals surface area (Å²) < 4.78 is 1.45. The van der Waals surface area contributed by atoms with Crippen LogP contribution in [-0.4, -0.2) is 19.9 Å². The van der Waals surface area contributed by atoms with E-state index in [1.54, 1.807) is 18.3 Å². The number of pyridine rings is 1. The first-order chi connectivity index (χ1) is 7.48. The maximum Gasteiger partial charge on any atom is 0.215 e. The topological polar surface area (TPSA) is 50.9 Å². The molecule has 0 bridgehead atoms. The monoisotopic (exact) mass is 217 g/mol. The van der Waals surface area contributed by atoms with Crippen LogP contribution in [0.15, 0.2) is 30.5 Å². The third-order valence-corrected chi connectivity index (χ3v) is 2.33. The highest BCUT2D eigenvalue weighted by Gasteiger charge is 2.20. The van der Waals surface area contributed by atoms with Crippen molar-refractivity contribution in [3.63, 3.8) is 0 Å². The predicted molar refractivity (Wildman–Crippen MR) is 61.7 cm³/mol. The summed E-state index contributed by atoms with van der Waals surface area (Å²) >= 11 is 0.